The minimum Gasteiger partial charge on any atom is -0.479 e. The first-order chi connectivity index (χ1) is 7.34. The predicted octanol–water partition coefficient (Wildman–Crippen LogP) is -2.99. The van der Waals surface area contributed by atoms with Gasteiger partial charge in [0.05, 0.1) is 0 Å². The molecule has 5 atom stereocenters. The van der Waals surface area contributed by atoms with Gasteiger partial charge in [0.25, 0.3) is 0 Å². The Morgan fingerprint density at radius 3 is 2.12 bits per heavy atom. The highest BCUT2D eigenvalue weighted by Gasteiger charge is 2.47. The topological polar surface area (TPSA) is 136 Å². The maximum atomic E-state index is 10.7. The van der Waals surface area contributed by atoms with Crippen molar-refractivity contribution in [3.8, 4) is 0 Å². The Morgan fingerprint density at radius 2 is 1.69 bits per heavy atom. The molecule has 1 aliphatic heterocycles. The Morgan fingerprint density at radius 1 is 1.12 bits per heavy atom. The molecule has 1 heterocycles. The smallest absolute Gasteiger partial charge is 0.335 e. The number of nitrogens with one attached hydrogen (secondary N) is 1. The molecular weight excluding hydrogens is 222 g/mol. The van der Waals surface area contributed by atoms with E-state index in [0.29, 0.717) is 0 Å². The Kier molecular flexibility index (Phi) is 3.81. The number of carboxylic acids is 1. The molecule has 0 unspecified atom stereocenters. The van der Waals surface area contributed by atoms with Crippen LogP contribution in [0.3, 0.4) is 0 Å². The fraction of sp³-hybridized carbons (Fsp3) is 0.750. The summed E-state index contributed by atoms with van der Waals surface area (Å²) < 4.78 is 4.76. The lowest BCUT2D eigenvalue weighted by molar-refractivity contribution is -0.233. The minimum absolute atomic E-state index is 0.559. The molecular formula is C8H13NO7. The van der Waals surface area contributed by atoms with E-state index in [1.54, 1.807) is 0 Å². The van der Waals surface area contributed by atoms with Crippen molar-refractivity contribution >= 4 is 11.9 Å². The van der Waals surface area contributed by atoms with Crippen LogP contribution in [-0.2, 0) is 14.3 Å². The highest BCUT2D eigenvalue weighted by Crippen LogP contribution is 2.20. The van der Waals surface area contributed by atoms with Gasteiger partial charge < -0.3 is 30.5 Å². The van der Waals surface area contributed by atoms with Gasteiger partial charge in [-0.1, -0.05) is 0 Å². The zero-order valence-electron chi connectivity index (χ0n) is 8.40. The van der Waals surface area contributed by atoms with E-state index in [9.17, 15) is 24.9 Å². The number of carboxylic acid groups (broad SMARTS) is 1. The molecule has 92 valence electrons. The number of aliphatic carboxylic acids is 1. The predicted molar refractivity (Wildman–Crippen MR) is 48.1 cm³/mol. The van der Waals surface area contributed by atoms with E-state index in [1.807, 2.05) is 0 Å². The van der Waals surface area contributed by atoms with Gasteiger partial charge in [-0.05, 0) is 0 Å². The van der Waals surface area contributed by atoms with Crippen molar-refractivity contribution in [3.05, 3.63) is 0 Å². The lowest BCUT2D eigenvalue weighted by Crippen LogP contribution is -2.63. The van der Waals surface area contributed by atoms with E-state index in [4.69, 9.17) is 9.84 Å². The van der Waals surface area contributed by atoms with Crippen molar-refractivity contribution in [2.24, 2.45) is 0 Å². The summed E-state index contributed by atoms with van der Waals surface area (Å²) in [6.45, 7) is 1.14. The number of carbonyl (C=O) groups is 2. The van der Waals surface area contributed by atoms with E-state index >= 15 is 0 Å². The van der Waals surface area contributed by atoms with Crippen LogP contribution in [-0.4, -0.2) is 62.9 Å². The third kappa shape index (κ3) is 2.47. The van der Waals surface area contributed by atoms with Gasteiger partial charge in [0.2, 0.25) is 5.91 Å². The average Bonchev–Trinajstić information content (AvgIpc) is 2.18. The van der Waals surface area contributed by atoms with Gasteiger partial charge in [0.15, 0.2) is 12.3 Å². The van der Waals surface area contributed by atoms with Crippen LogP contribution in [0.5, 0.6) is 0 Å². The molecule has 1 aliphatic rings. The molecule has 0 aliphatic carbocycles. The molecule has 1 fully saturated rings. The molecule has 0 aromatic rings. The molecule has 0 aromatic heterocycles. The van der Waals surface area contributed by atoms with Crippen LogP contribution in [0.1, 0.15) is 6.92 Å². The van der Waals surface area contributed by atoms with Crippen molar-refractivity contribution in [2.75, 3.05) is 0 Å². The van der Waals surface area contributed by atoms with Gasteiger partial charge in [0, 0.05) is 6.92 Å². The van der Waals surface area contributed by atoms with Crippen LogP contribution in [0.15, 0.2) is 0 Å². The van der Waals surface area contributed by atoms with Gasteiger partial charge in [-0.15, -0.1) is 0 Å². The molecule has 1 rings (SSSR count). The fourth-order valence-corrected chi connectivity index (χ4v) is 1.40. The second-order valence-electron chi connectivity index (χ2n) is 3.49. The third-order valence-corrected chi connectivity index (χ3v) is 2.20. The summed E-state index contributed by atoms with van der Waals surface area (Å²) in [6.07, 6.45) is -8.11. The molecule has 16 heavy (non-hydrogen) atoms. The first kappa shape index (κ1) is 12.8. The van der Waals surface area contributed by atoms with Gasteiger partial charge >= 0.3 is 5.97 Å². The van der Waals surface area contributed by atoms with Crippen molar-refractivity contribution in [1.82, 2.24) is 5.32 Å². The molecule has 8 nitrogen and oxygen atoms in total. The summed E-state index contributed by atoms with van der Waals surface area (Å²) in [5.41, 5.74) is 0. The van der Waals surface area contributed by atoms with Gasteiger partial charge in [-0.2, -0.15) is 0 Å². The Balaban J connectivity index is 2.80. The largest absolute Gasteiger partial charge is 0.479 e. The highest BCUT2D eigenvalue weighted by atomic mass is 16.6. The normalized spacial score (nSPS) is 39.1. The second kappa shape index (κ2) is 4.74. The van der Waals surface area contributed by atoms with Gasteiger partial charge in [-0.3, -0.25) is 4.79 Å². The van der Waals surface area contributed by atoms with E-state index in [0.717, 1.165) is 6.92 Å². The quantitative estimate of drug-likeness (QED) is 0.344. The lowest BCUT2D eigenvalue weighted by Gasteiger charge is -2.38. The van der Waals surface area contributed by atoms with Crippen molar-refractivity contribution in [2.45, 2.75) is 37.6 Å². The number of amides is 1. The van der Waals surface area contributed by atoms with Crippen LogP contribution in [0, 0.1) is 0 Å². The zero-order valence-corrected chi connectivity index (χ0v) is 8.40. The van der Waals surface area contributed by atoms with Crippen LogP contribution in [0.25, 0.3) is 0 Å². The van der Waals surface area contributed by atoms with Crippen LogP contribution < -0.4 is 5.32 Å². The Hall–Kier alpha value is -1.22. The van der Waals surface area contributed by atoms with Crippen LogP contribution in [0.4, 0.5) is 0 Å². The maximum absolute atomic E-state index is 10.7. The summed E-state index contributed by atoms with van der Waals surface area (Å²) in [5, 5.41) is 38.9. The van der Waals surface area contributed by atoms with Crippen LogP contribution >= 0.6 is 0 Å². The van der Waals surface area contributed by atoms with E-state index < -0.39 is 42.5 Å². The number of rotatable bonds is 2. The van der Waals surface area contributed by atoms with Crippen molar-refractivity contribution in [3.63, 3.8) is 0 Å². The standard InChI is InChI=1S/C8H13NO7/c1-2(10)9-7-5(13)3(11)4(12)6(16-7)8(14)15/h3-7,11-13H,1H3,(H,9,10)(H,14,15)/t3-,4-,5+,6-,7+/m0/s1. The Bertz CT molecular complexity index is 292. The van der Waals surface area contributed by atoms with E-state index in [2.05, 4.69) is 5.32 Å². The first-order valence-corrected chi connectivity index (χ1v) is 4.54. The number of aliphatic hydroxyl groups is 3. The van der Waals surface area contributed by atoms with Crippen LogP contribution in [0.2, 0.25) is 0 Å². The number of ether oxygens (including phenoxy) is 1. The summed E-state index contributed by atoms with van der Waals surface area (Å²) in [6, 6.07) is 0. The summed E-state index contributed by atoms with van der Waals surface area (Å²) in [7, 11) is 0. The van der Waals surface area contributed by atoms with E-state index in [-0.39, 0.29) is 0 Å². The summed E-state index contributed by atoms with van der Waals surface area (Å²) >= 11 is 0. The molecule has 0 spiro atoms. The summed E-state index contributed by atoms with van der Waals surface area (Å²) in [5.74, 6) is -2.05. The number of hydrogen-bond donors (Lipinski definition) is 5. The zero-order chi connectivity index (χ0) is 12.5. The summed E-state index contributed by atoms with van der Waals surface area (Å²) in [4.78, 5) is 21.4. The molecule has 1 saturated heterocycles. The molecule has 0 bridgehead atoms. The minimum atomic E-state index is -1.75. The fourth-order valence-electron chi connectivity index (χ4n) is 1.40. The lowest BCUT2D eigenvalue weighted by atomic mass is 9.98. The molecule has 1 amide bonds. The van der Waals surface area contributed by atoms with Gasteiger partial charge in [0.1, 0.15) is 18.3 Å². The second-order valence-corrected chi connectivity index (χ2v) is 3.49. The molecule has 0 saturated carbocycles. The SMILES string of the molecule is CC(=O)N[C@@H]1O[C@H](C(=O)O)[C@@H](O)[C@H](O)[C@H]1O. The highest BCUT2D eigenvalue weighted by molar-refractivity contribution is 5.74. The van der Waals surface area contributed by atoms with Gasteiger partial charge in [-0.25, -0.2) is 4.79 Å². The number of aliphatic hydroxyl groups excluding tert-OH is 3. The molecule has 5 N–H and O–H groups in total. The monoisotopic (exact) mass is 235 g/mol. The van der Waals surface area contributed by atoms with Crippen molar-refractivity contribution < 1.29 is 34.8 Å². The molecule has 8 heteroatoms. The first-order valence-electron chi connectivity index (χ1n) is 4.54. The van der Waals surface area contributed by atoms with E-state index in [1.165, 1.54) is 0 Å². The molecule has 0 aromatic carbocycles. The maximum Gasteiger partial charge on any atom is 0.335 e. The number of hydrogen-bond acceptors (Lipinski definition) is 6. The Labute approximate surface area is 90.5 Å². The van der Waals surface area contributed by atoms with Crippen molar-refractivity contribution in [1.29, 1.82) is 0 Å². The molecule has 0 radical (unpaired) electrons. The third-order valence-electron chi connectivity index (χ3n) is 2.20. The number of carbonyl (C=O) groups excluding carboxylic acids is 1. The average molecular weight is 235 g/mol.